The highest BCUT2D eigenvalue weighted by Gasteiger charge is 2.27. The van der Waals surface area contributed by atoms with Crippen molar-refractivity contribution in [3.8, 4) is 0 Å². The number of allylic oxidation sites excluding steroid dienone is 17. The minimum Gasteiger partial charge on any atom is -0.387 e. The van der Waals surface area contributed by atoms with Crippen molar-refractivity contribution < 1.29 is 32.9 Å². The van der Waals surface area contributed by atoms with Crippen LogP contribution < -0.4 is 5.32 Å². The van der Waals surface area contributed by atoms with E-state index in [-0.39, 0.29) is 19.1 Å². The van der Waals surface area contributed by atoms with E-state index in [9.17, 15) is 19.4 Å². The number of likely N-dealkylation sites (N-methyl/N-ethyl adjacent to an activating group) is 1. The second-order valence-electron chi connectivity index (χ2n) is 19.9. The normalized spacial score (nSPS) is 14.8. The largest absolute Gasteiger partial charge is 0.472 e. The van der Waals surface area contributed by atoms with Gasteiger partial charge in [-0.25, -0.2) is 4.57 Å². The first-order valence-electron chi connectivity index (χ1n) is 28.3. The maximum Gasteiger partial charge on any atom is 0.472 e. The Morgan fingerprint density at radius 2 is 0.871 bits per heavy atom. The van der Waals surface area contributed by atoms with E-state index < -0.39 is 20.0 Å². The molecule has 0 rings (SSSR count). The van der Waals surface area contributed by atoms with Crippen LogP contribution in [0.25, 0.3) is 0 Å². The van der Waals surface area contributed by atoms with E-state index in [1.165, 1.54) is 109 Å². The molecule has 0 aromatic carbocycles. The number of aliphatic hydroxyl groups excluding tert-OH is 1. The summed E-state index contributed by atoms with van der Waals surface area (Å²) in [5.74, 6) is -0.200. The number of rotatable bonds is 50. The van der Waals surface area contributed by atoms with Gasteiger partial charge in [0.25, 0.3) is 0 Å². The second kappa shape index (κ2) is 51.1. The predicted molar refractivity (Wildman–Crippen MR) is 304 cm³/mol. The van der Waals surface area contributed by atoms with Crippen LogP contribution in [-0.4, -0.2) is 73.4 Å². The SMILES string of the molecule is CC/C=C\C/C=C\C/C=C\C/C=C\C/C=C\C/C=C\CCCCCCCCCCCCC(=O)NC(COP(=O)(O)OCC[N+](C)(C)C)C(O)/C=C/CC/C=C/CC/C=C/CCCCCCCCCCC. The van der Waals surface area contributed by atoms with Gasteiger partial charge in [0.05, 0.1) is 39.9 Å². The van der Waals surface area contributed by atoms with Gasteiger partial charge in [-0.1, -0.05) is 226 Å². The Hall–Kier alpha value is -2.84. The number of phosphoric ester groups is 1. The monoisotopic (exact) mass is 996 g/mol. The van der Waals surface area contributed by atoms with Crippen molar-refractivity contribution in [2.24, 2.45) is 0 Å². The molecule has 0 aromatic heterocycles. The van der Waals surface area contributed by atoms with Crippen molar-refractivity contribution >= 4 is 13.7 Å². The van der Waals surface area contributed by atoms with Gasteiger partial charge in [-0.05, 0) is 96.3 Å². The van der Waals surface area contributed by atoms with Crippen LogP contribution in [0.5, 0.6) is 0 Å². The van der Waals surface area contributed by atoms with Gasteiger partial charge in [-0.15, -0.1) is 0 Å². The lowest BCUT2D eigenvalue weighted by molar-refractivity contribution is -0.870. The van der Waals surface area contributed by atoms with Gasteiger partial charge in [-0.2, -0.15) is 0 Å². The topological polar surface area (TPSA) is 105 Å². The summed E-state index contributed by atoms with van der Waals surface area (Å²) in [4.78, 5) is 23.3. The van der Waals surface area contributed by atoms with Gasteiger partial charge in [-0.3, -0.25) is 13.8 Å². The minimum absolute atomic E-state index is 0.0473. The zero-order chi connectivity index (χ0) is 51.3. The number of amides is 1. The zero-order valence-electron chi connectivity index (χ0n) is 45.7. The molecule has 0 heterocycles. The number of hydrogen-bond donors (Lipinski definition) is 3. The van der Waals surface area contributed by atoms with Gasteiger partial charge in [0.15, 0.2) is 0 Å². The highest BCUT2D eigenvalue weighted by molar-refractivity contribution is 7.47. The smallest absolute Gasteiger partial charge is 0.387 e. The van der Waals surface area contributed by atoms with Crippen molar-refractivity contribution in [3.05, 3.63) is 109 Å². The van der Waals surface area contributed by atoms with E-state index >= 15 is 0 Å². The lowest BCUT2D eigenvalue weighted by Gasteiger charge is -2.25. The number of nitrogens with one attached hydrogen (secondary N) is 1. The van der Waals surface area contributed by atoms with Crippen LogP contribution in [0.2, 0.25) is 0 Å². The summed E-state index contributed by atoms with van der Waals surface area (Å²) in [7, 11) is 1.53. The maximum atomic E-state index is 13.0. The van der Waals surface area contributed by atoms with Crippen molar-refractivity contribution in [1.29, 1.82) is 0 Å². The Morgan fingerprint density at radius 1 is 0.500 bits per heavy atom. The Bertz CT molecular complexity index is 1500. The third-order valence-corrected chi connectivity index (χ3v) is 12.9. The first-order chi connectivity index (χ1) is 34.0. The third kappa shape index (κ3) is 53.0. The molecule has 3 N–H and O–H groups in total. The molecule has 0 aliphatic rings. The molecule has 0 radical (unpaired) electrons. The summed E-state index contributed by atoms with van der Waals surface area (Å²) in [6.07, 6.45) is 74.7. The average molecular weight is 997 g/mol. The van der Waals surface area contributed by atoms with Crippen molar-refractivity contribution in [2.75, 3.05) is 40.9 Å². The standard InChI is InChI=1S/C61H107N2O6P/c1-6-8-10-12-14-16-18-20-22-24-26-27-28-29-30-31-32-33-34-35-37-39-41-43-45-47-49-51-53-55-61(65)62-59(58-69-70(66,67)68-57-56-63(3,4)5)60(64)54-52-50-48-46-44-42-40-38-36-25-23-21-19-17-15-13-11-9-7-2/h8,10,14,16,20,22,26-27,29-30,32-33,36,38,44,46,52,54,59-60,64H,6-7,9,11-13,15,17-19,21,23-25,28,31,34-35,37,39-43,45,47-51,53,55-58H2,1-5H3,(H-,62,65,66,67)/p+1/b10-8-,16-14-,22-20-,27-26-,30-29-,33-32-,38-36+,46-44+,54-52+. The van der Waals surface area contributed by atoms with E-state index in [0.717, 1.165) is 89.9 Å². The predicted octanol–water partition coefficient (Wildman–Crippen LogP) is 17.2. The van der Waals surface area contributed by atoms with Gasteiger partial charge in [0.1, 0.15) is 13.2 Å². The van der Waals surface area contributed by atoms with Crippen LogP contribution in [-0.2, 0) is 18.4 Å². The minimum atomic E-state index is -4.37. The summed E-state index contributed by atoms with van der Waals surface area (Å²) >= 11 is 0. The summed E-state index contributed by atoms with van der Waals surface area (Å²) < 4.78 is 23.7. The Morgan fingerprint density at radius 3 is 1.31 bits per heavy atom. The molecule has 8 nitrogen and oxygen atoms in total. The van der Waals surface area contributed by atoms with Crippen LogP contribution in [0.4, 0.5) is 0 Å². The quantitative estimate of drug-likeness (QED) is 0.0243. The molecule has 70 heavy (non-hydrogen) atoms. The van der Waals surface area contributed by atoms with Gasteiger partial charge >= 0.3 is 7.82 Å². The molecule has 0 aliphatic heterocycles. The highest BCUT2D eigenvalue weighted by Crippen LogP contribution is 2.43. The molecule has 0 saturated carbocycles. The fraction of sp³-hybridized carbons (Fsp3) is 0.689. The Kier molecular flexibility index (Phi) is 49.0. The highest BCUT2D eigenvalue weighted by atomic mass is 31.2. The summed E-state index contributed by atoms with van der Waals surface area (Å²) in [6.45, 7) is 4.66. The Balaban J connectivity index is 4.30. The molecule has 0 aliphatic carbocycles. The molecule has 402 valence electrons. The second-order valence-corrected chi connectivity index (χ2v) is 21.4. The number of carbonyl (C=O) groups excluding carboxylic acids is 1. The molecular weight excluding hydrogens is 888 g/mol. The molecule has 0 saturated heterocycles. The summed E-state index contributed by atoms with van der Waals surface area (Å²) in [6, 6.07) is -0.880. The molecule has 0 bridgehead atoms. The molecule has 0 aromatic rings. The number of carbonyl (C=O) groups is 1. The van der Waals surface area contributed by atoms with E-state index in [4.69, 9.17) is 9.05 Å². The van der Waals surface area contributed by atoms with Crippen molar-refractivity contribution in [3.63, 3.8) is 0 Å². The van der Waals surface area contributed by atoms with Crippen molar-refractivity contribution in [2.45, 2.75) is 231 Å². The van der Waals surface area contributed by atoms with Crippen LogP contribution in [0, 0.1) is 0 Å². The van der Waals surface area contributed by atoms with Gasteiger partial charge in [0.2, 0.25) is 5.91 Å². The Labute approximate surface area is 431 Å². The van der Waals surface area contributed by atoms with Gasteiger partial charge < -0.3 is 19.8 Å². The first kappa shape index (κ1) is 67.2. The molecule has 1 amide bonds. The summed E-state index contributed by atoms with van der Waals surface area (Å²) in [5, 5.41) is 13.9. The molecule has 3 atom stereocenters. The summed E-state index contributed by atoms with van der Waals surface area (Å²) in [5.41, 5.74) is 0. The maximum absolute atomic E-state index is 13.0. The van der Waals surface area contributed by atoms with Crippen LogP contribution >= 0.6 is 7.82 Å². The number of quaternary nitrogens is 1. The van der Waals surface area contributed by atoms with E-state index in [1.807, 2.05) is 27.2 Å². The number of nitrogens with zero attached hydrogens (tertiary/aromatic N) is 1. The van der Waals surface area contributed by atoms with Gasteiger partial charge in [0, 0.05) is 6.42 Å². The molecule has 9 heteroatoms. The molecule has 3 unspecified atom stereocenters. The van der Waals surface area contributed by atoms with E-state index in [1.54, 1.807) is 6.08 Å². The van der Waals surface area contributed by atoms with Crippen LogP contribution in [0.15, 0.2) is 109 Å². The van der Waals surface area contributed by atoms with E-state index in [2.05, 4.69) is 116 Å². The third-order valence-electron chi connectivity index (χ3n) is 12.0. The molecular formula is C61H108N2O6P+. The fourth-order valence-electron chi connectivity index (χ4n) is 7.55. The van der Waals surface area contributed by atoms with Crippen molar-refractivity contribution in [1.82, 2.24) is 5.32 Å². The number of aliphatic hydroxyl groups is 1. The van der Waals surface area contributed by atoms with Crippen LogP contribution in [0.3, 0.4) is 0 Å². The first-order valence-corrected chi connectivity index (χ1v) is 29.8. The lowest BCUT2D eigenvalue weighted by Crippen LogP contribution is -2.45. The number of hydrogen-bond acceptors (Lipinski definition) is 5. The number of phosphoric acid groups is 1. The molecule has 0 fully saturated rings. The van der Waals surface area contributed by atoms with Crippen LogP contribution in [0.1, 0.15) is 219 Å². The average Bonchev–Trinajstić information content (AvgIpc) is 3.32. The molecule has 0 spiro atoms. The zero-order valence-corrected chi connectivity index (χ0v) is 46.6. The fourth-order valence-corrected chi connectivity index (χ4v) is 8.28. The lowest BCUT2D eigenvalue weighted by atomic mass is 10.0. The number of unbranched alkanes of at least 4 members (excludes halogenated alkanes) is 21. The van der Waals surface area contributed by atoms with E-state index in [0.29, 0.717) is 17.4 Å².